The highest BCUT2D eigenvalue weighted by Gasteiger charge is 2.12. The summed E-state index contributed by atoms with van der Waals surface area (Å²) < 4.78 is 5.07. The van der Waals surface area contributed by atoms with E-state index in [9.17, 15) is 4.79 Å². The average Bonchev–Trinajstić information content (AvgIpc) is 2.54. The summed E-state index contributed by atoms with van der Waals surface area (Å²) in [5.41, 5.74) is 7.21. The maximum absolute atomic E-state index is 12.2. The Hall–Kier alpha value is -2.84. The third-order valence-electron chi connectivity index (χ3n) is 2.69. The molecule has 21 heavy (non-hydrogen) atoms. The van der Waals surface area contributed by atoms with Crippen LogP contribution in [0, 0.1) is 11.8 Å². The van der Waals surface area contributed by atoms with Gasteiger partial charge < -0.3 is 15.8 Å². The summed E-state index contributed by atoms with van der Waals surface area (Å²) in [6.07, 6.45) is 1.57. The zero-order chi connectivity index (χ0) is 15.1. The molecule has 0 aliphatic carbocycles. The second kappa shape index (κ2) is 7.08. The molecule has 3 N–H and O–H groups in total. The molecule has 106 valence electrons. The van der Waals surface area contributed by atoms with E-state index in [2.05, 4.69) is 22.1 Å². The molecule has 1 amide bonds. The molecule has 0 spiro atoms. The van der Waals surface area contributed by atoms with E-state index in [0.717, 1.165) is 5.56 Å². The number of benzene rings is 1. The largest absolute Gasteiger partial charge is 0.480 e. The van der Waals surface area contributed by atoms with Crippen molar-refractivity contribution in [2.24, 2.45) is 5.73 Å². The Labute approximate surface area is 123 Å². The number of aromatic nitrogens is 1. The first-order chi connectivity index (χ1) is 10.2. The summed E-state index contributed by atoms with van der Waals surface area (Å²) in [7, 11) is 1.48. The van der Waals surface area contributed by atoms with Crippen LogP contribution in [0.2, 0.25) is 0 Å². The van der Waals surface area contributed by atoms with Gasteiger partial charge in [-0.1, -0.05) is 11.8 Å². The van der Waals surface area contributed by atoms with Gasteiger partial charge in [0.15, 0.2) is 0 Å². The van der Waals surface area contributed by atoms with E-state index in [-0.39, 0.29) is 5.91 Å². The van der Waals surface area contributed by atoms with Crippen molar-refractivity contribution >= 4 is 11.6 Å². The lowest BCUT2D eigenvalue weighted by Gasteiger charge is -2.08. The number of amides is 1. The molecule has 0 radical (unpaired) electrons. The van der Waals surface area contributed by atoms with Crippen LogP contribution in [0.15, 0.2) is 42.6 Å². The van der Waals surface area contributed by atoms with Crippen LogP contribution in [-0.4, -0.2) is 24.5 Å². The standard InChI is InChI=1S/C16H15N3O2/c1-21-16-14(5-3-11-18-16)15(20)19-13-8-6-12(7-9-13)4-2-10-17/h3,5-9,11H,10,17H2,1H3,(H,19,20). The van der Waals surface area contributed by atoms with Crippen LogP contribution in [0.5, 0.6) is 5.88 Å². The molecular formula is C16H15N3O2. The van der Waals surface area contributed by atoms with Gasteiger partial charge in [-0.25, -0.2) is 4.98 Å². The van der Waals surface area contributed by atoms with Gasteiger partial charge in [0.2, 0.25) is 5.88 Å². The van der Waals surface area contributed by atoms with Gasteiger partial charge in [0.1, 0.15) is 5.56 Å². The summed E-state index contributed by atoms with van der Waals surface area (Å²) in [6.45, 7) is 0.319. The van der Waals surface area contributed by atoms with Crippen LogP contribution in [0.1, 0.15) is 15.9 Å². The van der Waals surface area contributed by atoms with Gasteiger partial charge in [0, 0.05) is 17.4 Å². The van der Waals surface area contributed by atoms with Crippen molar-refractivity contribution in [3.05, 3.63) is 53.7 Å². The predicted octanol–water partition coefficient (Wildman–Crippen LogP) is 1.65. The van der Waals surface area contributed by atoms with E-state index in [1.54, 1.807) is 30.5 Å². The van der Waals surface area contributed by atoms with E-state index < -0.39 is 0 Å². The van der Waals surface area contributed by atoms with Gasteiger partial charge in [0.25, 0.3) is 5.91 Å². The zero-order valence-corrected chi connectivity index (χ0v) is 11.6. The number of nitrogens with two attached hydrogens (primary N) is 1. The van der Waals surface area contributed by atoms with Gasteiger partial charge in [-0.2, -0.15) is 0 Å². The highest BCUT2D eigenvalue weighted by atomic mass is 16.5. The van der Waals surface area contributed by atoms with Crippen LogP contribution in [0.3, 0.4) is 0 Å². The number of nitrogens with zero attached hydrogens (tertiary/aromatic N) is 1. The van der Waals surface area contributed by atoms with Crippen molar-refractivity contribution in [2.75, 3.05) is 19.0 Å². The molecule has 1 aromatic heterocycles. The normalized spacial score (nSPS) is 9.43. The Morgan fingerprint density at radius 1 is 1.33 bits per heavy atom. The smallest absolute Gasteiger partial charge is 0.261 e. The number of rotatable bonds is 3. The van der Waals surface area contributed by atoms with Crippen LogP contribution in [-0.2, 0) is 0 Å². The van der Waals surface area contributed by atoms with E-state index in [1.165, 1.54) is 7.11 Å². The first-order valence-electron chi connectivity index (χ1n) is 6.34. The predicted molar refractivity (Wildman–Crippen MR) is 81.1 cm³/mol. The Morgan fingerprint density at radius 2 is 2.10 bits per heavy atom. The molecule has 0 unspecified atom stereocenters. The molecule has 2 aromatic rings. The number of carbonyl (C=O) groups is 1. The molecule has 0 aliphatic heterocycles. The number of ether oxygens (including phenoxy) is 1. The second-order valence-corrected chi connectivity index (χ2v) is 4.10. The van der Waals surface area contributed by atoms with Gasteiger partial charge in [0.05, 0.1) is 13.7 Å². The SMILES string of the molecule is COc1ncccc1C(=O)Nc1ccc(C#CCN)cc1. The van der Waals surface area contributed by atoms with Crippen molar-refractivity contribution in [3.8, 4) is 17.7 Å². The lowest BCUT2D eigenvalue weighted by Crippen LogP contribution is -2.13. The molecule has 2 rings (SSSR count). The molecule has 5 heteroatoms. The molecule has 0 fully saturated rings. The van der Waals surface area contributed by atoms with E-state index in [1.807, 2.05) is 12.1 Å². The fourth-order valence-electron chi connectivity index (χ4n) is 1.71. The summed E-state index contributed by atoms with van der Waals surface area (Å²) in [5.74, 6) is 5.70. The fourth-order valence-corrected chi connectivity index (χ4v) is 1.71. The molecule has 0 atom stereocenters. The zero-order valence-electron chi connectivity index (χ0n) is 11.6. The van der Waals surface area contributed by atoms with Crippen LogP contribution >= 0.6 is 0 Å². The number of nitrogens with one attached hydrogen (secondary N) is 1. The summed E-state index contributed by atoms with van der Waals surface area (Å²) in [6, 6.07) is 10.5. The minimum absolute atomic E-state index is 0.277. The molecule has 5 nitrogen and oxygen atoms in total. The van der Waals surface area contributed by atoms with Crippen molar-refractivity contribution in [1.82, 2.24) is 4.98 Å². The van der Waals surface area contributed by atoms with Gasteiger partial charge in [-0.15, -0.1) is 0 Å². The minimum Gasteiger partial charge on any atom is -0.480 e. The molecule has 1 heterocycles. The van der Waals surface area contributed by atoms with Gasteiger partial charge in [-0.05, 0) is 36.4 Å². The topological polar surface area (TPSA) is 77.2 Å². The minimum atomic E-state index is -0.277. The molecule has 0 bridgehead atoms. The number of methoxy groups -OCH3 is 1. The monoisotopic (exact) mass is 281 g/mol. The summed E-state index contributed by atoms with van der Waals surface area (Å²) in [4.78, 5) is 16.2. The first kappa shape index (κ1) is 14.6. The molecule has 0 aliphatic rings. The van der Waals surface area contributed by atoms with Gasteiger partial charge in [-0.3, -0.25) is 4.79 Å². The Bertz CT molecular complexity index is 685. The Kier molecular flexibility index (Phi) is 4.91. The third kappa shape index (κ3) is 3.81. The van der Waals surface area contributed by atoms with Crippen LogP contribution < -0.4 is 15.8 Å². The number of hydrogen-bond acceptors (Lipinski definition) is 4. The van der Waals surface area contributed by atoms with E-state index in [4.69, 9.17) is 10.5 Å². The molecule has 0 saturated heterocycles. The lowest BCUT2D eigenvalue weighted by atomic mass is 10.2. The van der Waals surface area contributed by atoms with Crippen LogP contribution in [0.25, 0.3) is 0 Å². The van der Waals surface area contributed by atoms with E-state index in [0.29, 0.717) is 23.7 Å². The Morgan fingerprint density at radius 3 is 2.76 bits per heavy atom. The second-order valence-electron chi connectivity index (χ2n) is 4.10. The first-order valence-corrected chi connectivity index (χ1v) is 6.34. The number of pyridine rings is 1. The number of hydrogen-bond donors (Lipinski definition) is 2. The highest BCUT2D eigenvalue weighted by Crippen LogP contribution is 2.16. The number of anilines is 1. The fraction of sp³-hybridized carbons (Fsp3) is 0.125. The highest BCUT2D eigenvalue weighted by molar-refractivity contribution is 6.05. The molecule has 0 saturated carbocycles. The Balaban J connectivity index is 2.12. The summed E-state index contributed by atoms with van der Waals surface area (Å²) >= 11 is 0. The maximum atomic E-state index is 12.2. The molecular weight excluding hydrogens is 266 g/mol. The maximum Gasteiger partial charge on any atom is 0.261 e. The van der Waals surface area contributed by atoms with Crippen molar-refractivity contribution in [1.29, 1.82) is 0 Å². The average molecular weight is 281 g/mol. The van der Waals surface area contributed by atoms with Gasteiger partial charge >= 0.3 is 0 Å². The third-order valence-corrected chi connectivity index (χ3v) is 2.69. The number of carbonyl (C=O) groups excluding carboxylic acids is 1. The van der Waals surface area contributed by atoms with Crippen molar-refractivity contribution in [3.63, 3.8) is 0 Å². The van der Waals surface area contributed by atoms with Crippen molar-refractivity contribution in [2.45, 2.75) is 0 Å². The molecule has 1 aromatic carbocycles. The van der Waals surface area contributed by atoms with E-state index >= 15 is 0 Å². The lowest BCUT2D eigenvalue weighted by molar-refractivity contribution is 0.102. The van der Waals surface area contributed by atoms with Crippen LogP contribution in [0.4, 0.5) is 5.69 Å². The van der Waals surface area contributed by atoms with Crippen molar-refractivity contribution < 1.29 is 9.53 Å². The summed E-state index contributed by atoms with van der Waals surface area (Å²) in [5, 5.41) is 2.78. The quantitative estimate of drug-likeness (QED) is 0.839.